The Morgan fingerprint density at radius 3 is 1.61 bits per heavy atom. The summed E-state index contributed by atoms with van der Waals surface area (Å²) in [7, 11) is 3.37. The number of β-amino-alcohol motifs (C(OH)–C–C–N with tert-alkyl or cyclic N) is 1. The monoisotopic (exact) mass is 449 g/mol. The number of aliphatic hydroxyl groups is 2. The molecule has 0 amide bonds. The molecular weight excluding hydrogens is 414 g/mol. The lowest BCUT2D eigenvalue weighted by Gasteiger charge is -2.32. The predicted molar refractivity (Wildman–Crippen MR) is 126 cm³/mol. The van der Waals surface area contributed by atoms with Crippen LogP contribution < -0.4 is 9.47 Å². The summed E-state index contributed by atoms with van der Waals surface area (Å²) in [6, 6.07) is 17.4. The Morgan fingerprint density at radius 2 is 1.26 bits per heavy atom. The Kier molecular flexibility index (Phi) is 10.6. The summed E-state index contributed by atoms with van der Waals surface area (Å²) < 4.78 is 10.5. The van der Waals surface area contributed by atoms with E-state index < -0.39 is 6.10 Å². The van der Waals surface area contributed by atoms with E-state index in [4.69, 9.17) is 9.47 Å². The molecule has 0 aromatic heterocycles. The zero-order valence-electron chi connectivity index (χ0n) is 18.6. The van der Waals surface area contributed by atoms with E-state index in [-0.39, 0.29) is 19.0 Å². The maximum Gasteiger partial charge on any atom is 0.118 e. The average molecular weight is 450 g/mol. The number of ether oxygens (including phenoxy) is 2. The molecule has 1 heterocycles. The van der Waals surface area contributed by atoms with E-state index in [1.165, 1.54) is 11.1 Å². The fourth-order valence-corrected chi connectivity index (χ4v) is 4.49. The molecule has 1 aliphatic heterocycles. The van der Waals surface area contributed by atoms with Crippen molar-refractivity contribution in [3.63, 3.8) is 0 Å². The Balaban J connectivity index is 0.00000341. The second-order valence-corrected chi connectivity index (χ2v) is 8.19. The lowest BCUT2D eigenvalue weighted by atomic mass is 10.0. The molecule has 3 rings (SSSR count). The fraction of sp³-hybridized carbons (Fsp3) is 0.520. The van der Waals surface area contributed by atoms with E-state index in [9.17, 15) is 10.2 Å². The highest BCUT2D eigenvalue weighted by molar-refractivity contribution is 5.85. The number of halogens is 1. The van der Waals surface area contributed by atoms with E-state index in [1.54, 1.807) is 14.2 Å². The molecule has 6 heteroatoms. The summed E-state index contributed by atoms with van der Waals surface area (Å²) in [6.45, 7) is 0.351. The number of rotatable bonds is 11. The molecular formula is C25H36ClNO4. The smallest absolute Gasteiger partial charge is 0.118 e. The van der Waals surface area contributed by atoms with Crippen LogP contribution in [0.4, 0.5) is 0 Å². The van der Waals surface area contributed by atoms with Crippen molar-refractivity contribution in [3.8, 4) is 11.5 Å². The molecule has 31 heavy (non-hydrogen) atoms. The first-order valence-electron chi connectivity index (χ1n) is 10.9. The Labute approximate surface area is 192 Å². The van der Waals surface area contributed by atoms with Crippen LogP contribution >= 0.6 is 12.4 Å². The molecule has 1 fully saturated rings. The molecule has 5 nitrogen and oxygen atoms in total. The van der Waals surface area contributed by atoms with Crippen LogP contribution in [0.3, 0.4) is 0 Å². The third-order valence-electron chi connectivity index (χ3n) is 6.25. The summed E-state index contributed by atoms with van der Waals surface area (Å²) in [6.07, 6.45) is 5.72. The Bertz CT molecular complexity index is 694. The molecule has 1 aliphatic rings. The first kappa shape index (κ1) is 25.5. The van der Waals surface area contributed by atoms with Crippen LogP contribution in [0, 0.1) is 0 Å². The minimum Gasteiger partial charge on any atom is -0.497 e. The molecule has 0 aliphatic carbocycles. The second kappa shape index (κ2) is 12.9. The molecule has 0 spiro atoms. The van der Waals surface area contributed by atoms with E-state index in [2.05, 4.69) is 29.2 Å². The number of nitrogens with zero attached hydrogens (tertiary/aromatic N) is 1. The Morgan fingerprint density at radius 1 is 0.839 bits per heavy atom. The van der Waals surface area contributed by atoms with Gasteiger partial charge in [0.25, 0.3) is 0 Å². The van der Waals surface area contributed by atoms with Gasteiger partial charge in [0.2, 0.25) is 0 Å². The average Bonchev–Trinajstić information content (AvgIpc) is 3.18. The van der Waals surface area contributed by atoms with E-state index in [0.717, 1.165) is 50.0 Å². The molecule has 0 unspecified atom stereocenters. The van der Waals surface area contributed by atoms with Crippen molar-refractivity contribution in [1.29, 1.82) is 0 Å². The molecule has 3 atom stereocenters. The molecule has 0 radical (unpaired) electrons. The lowest BCUT2D eigenvalue weighted by molar-refractivity contribution is 0.0393. The third-order valence-corrected chi connectivity index (χ3v) is 6.25. The van der Waals surface area contributed by atoms with Gasteiger partial charge in [-0.15, -0.1) is 12.4 Å². The molecule has 0 bridgehead atoms. The molecule has 2 aromatic rings. The number of likely N-dealkylation sites (tertiary alicyclic amines) is 1. The van der Waals surface area contributed by atoms with E-state index >= 15 is 0 Å². The van der Waals surface area contributed by atoms with Crippen LogP contribution in [0.1, 0.15) is 36.8 Å². The number of benzene rings is 2. The van der Waals surface area contributed by atoms with Crippen LogP contribution in [0.25, 0.3) is 0 Å². The molecule has 172 valence electrons. The lowest BCUT2D eigenvalue weighted by Crippen LogP contribution is -2.42. The predicted octanol–water partition coefficient (Wildman–Crippen LogP) is 3.88. The molecule has 0 saturated carbocycles. The Hall–Kier alpha value is -1.79. The molecule has 2 N–H and O–H groups in total. The summed E-state index contributed by atoms with van der Waals surface area (Å²) in [5.41, 5.74) is 2.61. The summed E-state index contributed by atoms with van der Waals surface area (Å²) in [5.74, 6) is 1.76. The van der Waals surface area contributed by atoms with Gasteiger partial charge in [0.15, 0.2) is 0 Å². The van der Waals surface area contributed by atoms with Crippen molar-refractivity contribution in [3.05, 3.63) is 59.7 Å². The minimum atomic E-state index is -0.685. The number of aryl methyl sites for hydroxylation is 2. The zero-order valence-corrected chi connectivity index (χ0v) is 19.4. The first-order valence-corrected chi connectivity index (χ1v) is 10.9. The van der Waals surface area contributed by atoms with Gasteiger partial charge in [-0.3, -0.25) is 4.90 Å². The van der Waals surface area contributed by atoms with Crippen LogP contribution in [0.5, 0.6) is 11.5 Å². The number of hydrogen-bond donors (Lipinski definition) is 2. The van der Waals surface area contributed by atoms with Crippen LogP contribution in [0.2, 0.25) is 0 Å². The highest BCUT2D eigenvalue weighted by atomic mass is 35.5. The van der Waals surface area contributed by atoms with Crippen LogP contribution in [0.15, 0.2) is 48.5 Å². The van der Waals surface area contributed by atoms with Gasteiger partial charge in [-0.1, -0.05) is 24.3 Å². The number of aliphatic hydroxyl groups excluding tert-OH is 2. The quantitative estimate of drug-likeness (QED) is 0.545. The maximum absolute atomic E-state index is 10.1. The normalized spacial score (nSPS) is 19.6. The second-order valence-electron chi connectivity index (χ2n) is 8.19. The number of hydrogen-bond acceptors (Lipinski definition) is 5. The van der Waals surface area contributed by atoms with Gasteiger partial charge in [0.1, 0.15) is 11.5 Å². The highest BCUT2D eigenvalue weighted by Gasteiger charge is 2.33. The third kappa shape index (κ3) is 7.39. The van der Waals surface area contributed by atoms with Gasteiger partial charge in [-0.2, -0.15) is 0 Å². The highest BCUT2D eigenvalue weighted by Crippen LogP contribution is 2.31. The van der Waals surface area contributed by atoms with Crippen molar-refractivity contribution < 1.29 is 19.7 Å². The largest absolute Gasteiger partial charge is 0.497 e. The first-order chi connectivity index (χ1) is 14.6. The van der Waals surface area contributed by atoms with Crippen molar-refractivity contribution >= 4 is 12.4 Å². The van der Waals surface area contributed by atoms with E-state index in [0.29, 0.717) is 18.6 Å². The summed E-state index contributed by atoms with van der Waals surface area (Å²) in [4.78, 5) is 2.44. The van der Waals surface area contributed by atoms with Gasteiger partial charge in [0, 0.05) is 18.6 Å². The van der Waals surface area contributed by atoms with Crippen molar-refractivity contribution in [2.24, 2.45) is 0 Å². The van der Waals surface area contributed by atoms with Gasteiger partial charge >= 0.3 is 0 Å². The summed E-state index contributed by atoms with van der Waals surface area (Å²) in [5, 5.41) is 19.5. The van der Waals surface area contributed by atoms with Gasteiger partial charge in [0.05, 0.1) is 26.9 Å². The zero-order chi connectivity index (χ0) is 21.3. The van der Waals surface area contributed by atoms with Crippen LogP contribution in [-0.2, 0) is 12.8 Å². The molecule has 2 aromatic carbocycles. The standard InChI is InChI=1S/C25H35NO4.ClH/c1-29-24-13-5-19(6-14-24)3-9-21-11-12-22(26(21)17-23(28)18-27)10-4-20-7-15-25(30-2)16-8-20;/h5-8,13-16,21-23,27-28H,3-4,9-12,17-18H2,1-2H3;1H/t21-,22+,23-;/m1./s1. The minimum absolute atomic E-state index is 0. The van der Waals surface area contributed by atoms with Gasteiger partial charge in [-0.25, -0.2) is 0 Å². The van der Waals surface area contributed by atoms with Crippen molar-refractivity contribution in [2.45, 2.75) is 56.7 Å². The SMILES string of the molecule is COc1ccc(CC[C@@H]2CC[C@H](CCc3ccc(OC)cc3)N2C[C@@H](O)CO)cc1.Cl. The number of methoxy groups -OCH3 is 2. The fourth-order valence-electron chi connectivity index (χ4n) is 4.49. The van der Waals surface area contributed by atoms with E-state index in [1.807, 2.05) is 24.3 Å². The van der Waals surface area contributed by atoms with Gasteiger partial charge in [-0.05, 0) is 73.9 Å². The molecule has 1 saturated heterocycles. The van der Waals surface area contributed by atoms with Crippen molar-refractivity contribution in [1.82, 2.24) is 4.90 Å². The topological polar surface area (TPSA) is 62.2 Å². The van der Waals surface area contributed by atoms with Crippen molar-refractivity contribution in [2.75, 3.05) is 27.4 Å². The summed E-state index contributed by atoms with van der Waals surface area (Å²) >= 11 is 0. The van der Waals surface area contributed by atoms with Crippen LogP contribution in [-0.4, -0.2) is 60.7 Å². The maximum atomic E-state index is 10.1. The van der Waals surface area contributed by atoms with Gasteiger partial charge < -0.3 is 19.7 Å².